The van der Waals surface area contributed by atoms with E-state index >= 15 is 0 Å². The van der Waals surface area contributed by atoms with Crippen molar-refractivity contribution in [1.29, 1.82) is 0 Å². The van der Waals surface area contributed by atoms with Crippen molar-refractivity contribution in [2.45, 2.75) is 6.04 Å². The molecule has 1 aromatic heterocycles. The first-order valence-corrected chi connectivity index (χ1v) is 4.90. The van der Waals surface area contributed by atoms with Crippen LogP contribution < -0.4 is 4.90 Å². The highest BCUT2D eigenvalue weighted by molar-refractivity contribution is 5.98. The summed E-state index contributed by atoms with van der Waals surface area (Å²) in [5.74, 6) is -1.91. The Hall–Kier alpha value is -2.18. The summed E-state index contributed by atoms with van der Waals surface area (Å²) in [5, 5.41) is 8.91. The Balaban J connectivity index is 2.33. The van der Waals surface area contributed by atoms with Crippen molar-refractivity contribution >= 4 is 17.7 Å². The SMILES string of the molecule is CN1C(=O)N(c2cccnc2F)C[C@H]1C(=O)O. The van der Waals surface area contributed by atoms with Crippen molar-refractivity contribution in [2.24, 2.45) is 0 Å². The molecule has 17 heavy (non-hydrogen) atoms. The maximum absolute atomic E-state index is 13.4. The Kier molecular flexibility index (Phi) is 2.66. The van der Waals surface area contributed by atoms with Crippen molar-refractivity contribution in [3.05, 3.63) is 24.3 Å². The Morgan fingerprint density at radius 1 is 1.65 bits per heavy atom. The molecule has 90 valence electrons. The number of carboxylic acids is 1. The van der Waals surface area contributed by atoms with Crippen molar-refractivity contribution in [1.82, 2.24) is 9.88 Å². The van der Waals surface area contributed by atoms with Crippen molar-refractivity contribution in [3.63, 3.8) is 0 Å². The highest BCUT2D eigenvalue weighted by Gasteiger charge is 2.40. The van der Waals surface area contributed by atoms with Gasteiger partial charge >= 0.3 is 12.0 Å². The van der Waals surface area contributed by atoms with Crippen LogP contribution in [0.15, 0.2) is 18.3 Å². The number of hydrogen-bond acceptors (Lipinski definition) is 3. The summed E-state index contributed by atoms with van der Waals surface area (Å²) in [6, 6.07) is 1.35. The Morgan fingerprint density at radius 2 is 2.35 bits per heavy atom. The second-order valence-electron chi connectivity index (χ2n) is 3.67. The first kappa shape index (κ1) is 11.3. The van der Waals surface area contributed by atoms with Crippen LogP contribution in [0.3, 0.4) is 0 Å². The lowest BCUT2D eigenvalue weighted by molar-refractivity contribution is -0.140. The van der Waals surface area contributed by atoms with E-state index in [0.29, 0.717) is 0 Å². The van der Waals surface area contributed by atoms with Crippen molar-refractivity contribution in [3.8, 4) is 0 Å². The van der Waals surface area contributed by atoms with Gasteiger partial charge in [-0.3, -0.25) is 4.90 Å². The Labute approximate surface area is 96.3 Å². The van der Waals surface area contributed by atoms with Crippen LogP contribution in [-0.4, -0.2) is 46.6 Å². The van der Waals surface area contributed by atoms with Gasteiger partial charge in [-0.1, -0.05) is 0 Å². The lowest BCUT2D eigenvalue weighted by atomic mass is 10.3. The number of amides is 2. The molecule has 1 aromatic rings. The summed E-state index contributed by atoms with van der Waals surface area (Å²) in [6.45, 7) is -0.0900. The van der Waals surface area contributed by atoms with Gasteiger partial charge in [0.25, 0.3) is 0 Å². The number of carbonyl (C=O) groups excluding carboxylic acids is 1. The average molecular weight is 239 g/mol. The number of carboxylic acid groups (broad SMARTS) is 1. The number of likely N-dealkylation sites (N-methyl/N-ethyl adjacent to an activating group) is 1. The molecule has 0 bridgehead atoms. The number of urea groups is 1. The Bertz CT molecular complexity index is 480. The van der Waals surface area contributed by atoms with Gasteiger partial charge in [-0.2, -0.15) is 4.39 Å². The fourth-order valence-corrected chi connectivity index (χ4v) is 1.72. The molecular formula is C10H10FN3O3. The number of nitrogens with zero attached hydrogens (tertiary/aromatic N) is 3. The molecule has 0 spiro atoms. The van der Waals surface area contributed by atoms with E-state index in [1.165, 1.54) is 25.4 Å². The summed E-state index contributed by atoms with van der Waals surface area (Å²) in [7, 11) is 1.37. The number of carbonyl (C=O) groups is 2. The molecule has 0 aromatic carbocycles. The molecular weight excluding hydrogens is 229 g/mol. The first-order chi connectivity index (χ1) is 8.02. The van der Waals surface area contributed by atoms with Gasteiger partial charge in [0.15, 0.2) is 0 Å². The van der Waals surface area contributed by atoms with Crippen molar-refractivity contribution < 1.29 is 19.1 Å². The van der Waals surface area contributed by atoms with Gasteiger partial charge in [-0.15, -0.1) is 0 Å². The van der Waals surface area contributed by atoms with Gasteiger partial charge in [-0.05, 0) is 12.1 Å². The largest absolute Gasteiger partial charge is 0.480 e. The third-order valence-electron chi connectivity index (χ3n) is 2.67. The quantitative estimate of drug-likeness (QED) is 0.765. The van der Waals surface area contributed by atoms with Crippen LogP contribution >= 0.6 is 0 Å². The average Bonchev–Trinajstić information content (AvgIpc) is 2.57. The zero-order chi connectivity index (χ0) is 12.6. The van der Waals surface area contributed by atoms with Gasteiger partial charge in [0.1, 0.15) is 11.7 Å². The molecule has 7 heteroatoms. The first-order valence-electron chi connectivity index (χ1n) is 4.90. The molecule has 1 atom stereocenters. The lowest BCUT2D eigenvalue weighted by Crippen LogP contribution is -2.36. The molecule has 1 saturated heterocycles. The number of hydrogen-bond donors (Lipinski definition) is 1. The van der Waals surface area contributed by atoms with E-state index in [1.807, 2.05) is 0 Å². The molecule has 2 heterocycles. The summed E-state index contributed by atoms with van der Waals surface area (Å²) in [4.78, 5) is 28.2. The van der Waals surface area contributed by atoms with E-state index in [4.69, 9.17) is 5.11 Å². The van der Waals surface area contributed by atoms with E-state index in [9.17, 15) is 14.0 Å². The van der Waals surface area contributed by atoms with Gasteiger partial charge in [0, 0.05) is 13.2 Å². The number of rotatable bonds is 2. The summed E-state index contributed by atoms with van der Waals surface area (Å²) >= 11 is 0. The highest BCUT2D eigenvalue weighted by atomic mass is 19.1. The molecule has 6 nitrogen and oxygen atoms in total. The summed E-state index contributed by atoms with van der Waals surface area (Å²) in [6.07, 6.45) is 1.26. The van der Waals surface area contributed by atoms with Crippen LogP contribution in [0.4, 0.5) is 14.9 Å². The summed E-state index contributed by atoms with van der Waals surface area (Å²) in [5.41, 5.74) is -0.00639. The summed E-state index contributed by atoms with van der Waals surface area (Å²) < 4.78 is 13.4. The van der Waals surface area contributed by atoms with E-state index in [0.717, 1.165) is 9.80 Å². The molecule has 1 fully saturated rings. The van der Waals surface area contributed by atoms with Crippen LogP contribution in [0.2, 0.25) is 0 Å². The molecule has 1 N–H and O–H groups in total. The van der Waals surface area contributed by atoms with Crippen LogP contribution in [0.25, 0.3) is 0 Å². The fourth-order valence-electron chi connectivity index (χ4n) is 1.72. The molecule has 0 saturated carbocycles. The third kappa shape index (κ3) is 1.79. The second kappa shape index (κ2) is 4.00. The van der Waals surface area contributed by atoms with Crippen LogP contribution in [0.5, 0.6) is 0 Å². The second-order valence-corrected chi connectivity index (χ2v) is 3.67. The molecule has 2 amide bonds. The van der Waals surface area contributed by atoms with E-state index in [2.05, 4.69) is 4.98 Å². The van der Waals surface area contributed by atoms with E-state index < -0.39 is 24.0 Å². The van der Waals surface area contributed by atoms with E-state index in [1.54, 1.807) is 0 Å². The lowest BCUT2D eigenvalue weighted by Gasteiger charge is -2.15. The smallest absolute Gasteiger partial charge is 0.328 e. The highest BCUT2D eigenvalue weighted by Crippen LogP contribution is 2.24. The predicted molar refractivity (Wildman–Crippen MR) is 56.1 cm³/mol. The fraction of sp³-hybridized carbons (Fsp3) is 0.300. The van der Waals surface area contributed by atoms with E-state index in [-0.39, 0.29) is 12.2 Å². The number of aliphatic carboxylic acids is 1. The van der Waals surface area contributed by atoms with Crippen LogP contribution in [0.1, 0.15) is 0 Å². The monoisotopic (exact) mass is 239 g/mol. The normalized spacial score (nSPS) is 19.9. The van der Waals surface area contributed by atoms with Gasteiger partial charge in [0.2, 0.25) is 5.95 Å². The zero-order valence-corrected chi connectivity index (χ0v) is 9.00. The van der Waals surface area contributed by atoms with Gasteiger partial charge in [0.05, 0.1) is 6.54 Å². The van der Waals surface area contributed by atoms with Gasteiger partial charge in [-0.25, -0.2) is 14.6 Å². The van der Waals surface area contributed by atoms with Crippen LogP contribution in [0, 0.1) is 5.95 Å². The topological polar surface area (TPSA) is 73.7 Å². The number of pyridine rings is 1. The Morgan fingerprint density at radius 3 is 2.88 bits per heavy atom. The molecule has 1 aliphatic rings. The third-order valence-corrected chi connectivity index (χ3v) is 2.67. The maximum Gasteiger partial charge on any atom is 0.328 e. The molecule has 0 aliphatic carbocycles. The molecule has 0 unspecified atom stereocenters. The predicted octanol–water partition coefficient (Wildman–Crippen LogP) is 0.546. The zero-order valence-electron chi connectivity index (χ0n) is 9.00. The minimum atomic E-state index is -1.12. The maximum atomic E-state index is 13.4. The number of aromatic nitrogens is 1. The van der Waals surface area contributed by atoms with Gasteiger partial charge < -0.3 is 10.0 Å². The number of anilines is 1. The molecule has 0 radical (unpaired) electrons. The molecule has 1 aliphatic heterocycles. The minimum Gasteiger partial charge on any atom is -0.480 e. The van der Waals surface area contributed by atoms with Crippen LogP contribution in [-0.2, 0) is 4.79 Å². The standard InChI is InChI=1S/C10H10FN3O3/c1-13-7(9(15)16)5-14(10(13)17)6-3-2-4-12-8(6)11/h2-4,7H,5H2,1H3,(H,15,16)/t7-/m0/s1. The minimum absolute atomic E-state index is 0.00639. The number of halogens is 1. The van der Waals surface area contributed by atoms with Crippen molar-refractivity contribution in [2.75, 3.05) is 18.5 Å². The molecule has 2 rings (SSSR count).